The predicted molar refractivity (Wildman–Crippen MR) is 101 cm³/mol. The van der Waals surface area contributed by atoms with Crippen molar-refractivity contribution in [2.45, 2.75) is 38.6 Å². The lowest BCUT2D eigenvalue weighted by Gasteiger charge is -2.34. The lowest BCUT2D eigenvalue weighted by molar-refractivity contribution is -0.139. The van der Waals surface area contributed by atoms with E-state index >= 15 is 0 Å². The van der Waals surface area contributed by atoms with Crippen molar-refractivity contribution in [3.05, 3.63) is 0 Å². The molecule has 3 rings (SSSR count). The molecular weight excluding hydrogens is 364 g/mol. The van der Waals surface area contributed by atoms with Crippen LogP contribution >= 0.6 is 0 Å². The van der Waals surface area contributed by atoms with Crippen molar-refractivity contribution in [1.29, 1.82) is 0 Å². The van der Waals surface area contributed by atoms with Crippen LogP contribution in [-0.4, -0.2) is 101 Å². The van der Waals surface area contributed by atoms with Crippen LogP contribution in [0.25, 0.3) is 0 Å². The summed E-state index contributed by atoms with van der Waals surface area (Å²) < 4.78 is 0. The highest BCUT2D eigenvalue weighted by Gasteiger charge is 2.47. The van der Waals surface area contributed by atoms with Gasteiger partial charge >= 0.3 is 6.03 Å². The molecule has 0 aromatic rings. The fourth-order valence-corrected chi connectivity index (χ4v) is 3.75. The summed E-state index contributed by atoms with van der Waals surface area (Å²) in [5.41, 5.74) is 1.44. The van der Waals surface area contributed by atoms with Crippen molar-refractivity contribution in [2.75, 3.05) is 52.4 Å². The molecule has 0 spiro atoms. The summed E-state index contributed by atoms with van der Waals surface area (Å²) in [6, 6.07) is -0.604. The first-order valence-corrected chi connectivity index (χ1v) is 10.0. The van der Waals surface area contributed by atoms with Gasteiger partial charge < -0.3 is 10.2 Å². The maximum atomic E-state index is 12.3. The smallest absolute Gasteiger partial charge is 0.342 e. The minimum atomic E-state index is -0.974. The second-order valence-corrected chi connectivity index (χ2v) is 7.93. The molecule has 3 aliphatic rings. The highest BCUT2D eigenvalue weighted by Crippen LogP contribution is 2.19. The van der Waals surface area contributed by atoms with Crippen LogP contribution in [0.5, 0.6) is 0 Å². The van der Waals surface area contributed by atoms with Crippen molar-refractivity contribution in [1.82, 2.24) is 30.5 Å². The fourth-order valence-electron chi connectivity index (χ4n) is 3.75. The van der Waals surface area contributed by atoms with E-state index in [0.717, 1.165) is 30.9 Å². The molecule has 0 aliphatic carbocycles. The average Bonchev–Trinajstić information content (AvgIpc) is 3.27. The number of piperazine rings is 1. The minimum Gasteiger partial charge on any atom is -0.342 e. The summed E-state index contributed by atoms with van der Waals surface area (Å²) in [6.45, 7) is 8.44. The molecule has 10 nitrogen and oxygen atoms in total. The zero-order chi connectivity index (χ0) is 20.3. The number of hydrogen-bond donors (Lipinski definition) is 2. The SMILES string of the molecule is CCC1(C)NC(=O)N(NC(=O)CN2CCN(CC(=O)N3CCCC3)CC2)C1=O. The molecule has 1 unspecified atom stereocenters. The Bertz CT molecular complexity index is 642. The van der Waals surface area contributed by atoms with E-state index < -0.39 is 23.4 Å². The Morgan fingerprint density at radius 1 is 1.00 bits per heavy atom. The van der Waals surface area contributed by atoms with Crippen LogP contribution < -0.4 is 10.7 Å². The number of likely N-dealkylation sites (tertiary alicyclic amines) is 1. The van der Waals surface area contributed by atoms with Crippen LogP contribution in [0.15, 0.2) is 0 Å². The number of nitrogens with one attached hydrogen (secondary N) is 2. The quantitative estimate of drug-likeness (QED) is 0.559. The summed E-state index contributed by atoms with van der Waals surface area (Å²) in [4.78, 5) is 54.8. The van der Waals surface area contributed by atoms with Crippen LogP contribution in [0.1, 0.15) is 33.1 Å². The number of hydrogen-bond acceptors (Lipinski definition) is 6. The monoisotopic (exact) mass is 394 g/mol. The molecule has 0 aromatic carbocycles. The molecule has 156 valence electrons. The van der Waals surface area contributed by atoms with Gasteiger partial charge in [-0.05, 0) is 26.2 Å². The normalized spacial score (nSPS) is 26.6. The van der Waals surface area contributed by atoms with Gasteiger partial charge in [-0.2, -0.15) is 5.01 Å². The summed E-state index contributed by atoms with van der Waals surface area (Å²) in [7, 11) is 0. The van der Waals surface area contributed by atoms with Gasteiger partial charge in [0.15, 0.2) is 0 Å². The second-order valence-electron chi connectivity index (χ2n) is 7.93. The molecular formula is C18H30N6O4. The van der Waals surface area contributed by atoms with E-state index in [1.54, 1.807) is 13.8 Å². The van der Waals surface area contributed by atoms with E-state index in [4.69, 9.17) is 0 Å². The largest absolute Gasteiger partial charge is 0.344 e. The predicted octanol–water partition coefficient (Wildman–Crippen LogP) is -1.02. The van der Waals surface area contributed by atoms with Gasteiger partial charge in [-0.3, -0.25) is 29.6 Å². The highest BCUT2D eigenvalue weighted by atomic mass is 16.2. The Kier molecular flexibility index (Phi) is 6.19. The molecule has 28 heavy (non-hydrogen) atoms. The van der Waals surface area contributed by atoms with Crippen molar-refractivity contribution < 1.29 is 19.2 Å². The summed E-state index contributed by atoms with van der Waals surface area (Å²) in [6.07, 6.45) is 2.62. The molecule has 0 aromatic heterocycles. The van der Waals surface area contributed by atoms with Gasteiger partial charge in [0.05, 0.1) is 13.1 Å². The van der Waals surface area contributed by atoms with E-state index in [2.05, 4.69) is 15.6 Å². The molecule has 5 amide bonds. The summed E-state index contributed by atoms with van der Waals surface area (Å²) in [5.74, 6) is -0.662. The number of carbonyl (C=O) groups is 4. The third-order valence-electron chi connectivity index (χ3n) is 5.85. The molecule has 10 heteroatoms. The molecule has 0 saturated carbocycles. The number of nitrogens with zero attached hydrogens (tertiary/aromatic N) is 4. The number of rotatable bonds is 6. The van der Waals surface area contributed by atoms with E-state index in [1.165, 1.54) is 0 Å². The average molecular weight is 394 g/mol. The third-order valence-corrected chi connectivity index (χ3v) is 5.85. The number of carbonyl (C=O) groups excluding carboxylic acids is 4. The van der Waals surface area contributed by atoms with Crippen LogP contribution in [0.4, 0.5) is 4.79 Å². The van der Waals surface area contributed by atoms with Gasteiger partial charge in [0.2, 0.25) is 5.91 Å². The van der Waals surface area contributed by atoms with E-state index in [9.17, 15) is 19.2 Å². The van der Waals surface area contributed by atoms with Gasteiger partial charge in [-0.1, -0.05) is 6.92 Å². The van der Waals surface area contributed by atoms with E-state index in [0.29, 0.717) is 39.1 Å². The number of amides is 5. The Morgan fingerprint density at radius 3 is 2.11 bits per heavy atom. The number of imide groups is 1. The molecule has 3 saturated heterocycles. The number of urea groups is 1. The molecule has 2 N–H and O–H groups in total. The first-order valence-electron chi connectivity index (χ1n) is 10.0. The highest BCUT2D eigenvalue weighted by molar-refractivity contribution is 6.07. The van der Waals surface area contributed by atoms with Crippen molar-refractivity contribution in [2.24, 2.45) is 0 Å². The molecule has 3 fully saturated rings. The topological polar surface area (TPSA) is 105 Å². The lowest BCUT2D eigenvalue weighted by Crippen LogP contribution is -2.54. The van der Waals surface area contributed by atoms with Crippen molar-refractivity contribution in [3.8, 4) is 0 Å². The zero-order valence-corrected chi connectivity index (χ0v) is 16.7. The fraction of sp³-hybridized carbons (Fsp3) is 0.778. The van der Waals surface area contributed by atoms with Gasteiger partial charge in [0.1, 0.15) is 5.54 Å². The summed E-state index contributed by atoms with van der Waals surface area (Å²) >= 11 is 0. The maximum Gasteiger partial charge on any atom is 0.344 e. The van der Waals surface area contributed by atoms with Crippen molar-refractivity contribution in [3.63, 3.8) is 0 Å². The molecule has 3 heterocycles. The van der Waals surface area contributed by atoms with E-state index in [1.807, 2.05) is 9.80 Å². The maximum absolute atomic E-state index is 12.3. The van der Waals surface area contributed by atoms with Crippen LogP contribution in [0.2, 0.25) is 0 Å². The van der Waals surface area contributed by atoms with Crippen LogP contribution in [0.3, 0.4) is 0 Å². The Hall–Kier alpha value is -2.20. The standard InChI is InChI=1S/C18H30N6O4/c1-3-18(2)16(27)24(17(28)19-18)20-14(25)12-21-8-10-22(11-9-21)13-15(26)23-6-4-5-7-23/h3-13H2,1-2H3,(H,19,28)(H,20,25). The zero-order valence-electron chi connectivity index (χ0n) is 16.7. The second kappa shape index (κ2) is 8.44. The molecule has 0 bridgehead atoms. The molecule has 0 radical (unpaired) electrons. The van der Waals surface area contributed by atoms with Gasteiger partial charge in [0, 0.05) is 39.3 Å². The molecule has 3 aliphatic heterocycles. The van der Waals surface area contributed by atoms with Gasteiger partial charge in [-0.25, -0.2) is 4.79 Å². The van der Waals surface area contributed by atoms with Gasteiger partial charge in [0.25, 0.3) is 11.8 Å². The molecule has 1 atom stereocenters. The Morgan fingerprint density at radius 2 is 1.57 bits per heavy atom. The van der Waals surface area contributed by atoms with E-state index in [-0.39, 0.29) is 12.5 Å². The third kappa shape index (κ3) is 4.44. The van der Waals surface area contributed by atoms with Crippen LogP contribution in [0, 0.1) is 0 Å². The summed E-state index contributed by atoms with van der Waals surface area (Å²) in [5, 5.41) is 3.38. The van der Waals surface area contributed by atoms with Crippen LogP contribution in [-0.2, 0) is 14.4 Å². The Balaban J connectivity index is 1.41. The lowest BCUT2D eigenvalue weighted by atomic mass is 10.00. The first kappa shape index (κ1) is 20.5. The first-order chi connectivity index (χ1) is 13.3. The number of hydrazine groups is 1. The van der Waals surface area contributed by atoms with Gasteiger partial charge in [-0.15, -0.1) is 0 Å². The Labute approximate surface area is 165 Å². The van der Waals surface area contributed by atoms with Crippen molar-refractivity contribution >= 4 is 23.8 Å². The minimum absolute atomic E-state index is 0.105.